The van der Waals surface area contributed by atoms with Crippen LogP contribution in [0.25, 0.3) is 0 Å². The highest BCUT2D eigenvalue weighted by atomic mass is 31.2. The summed E-state index contributed by atoms with van der Waals surface area (Å²) in [5, 5.41) is 46.6. The quantitative estimate of drug-likeness (QED) is 0.280. The second-order valence-electron chi connectivity index (χ2n) is 4.38. The van der Waals surface area contributed by atoms with Crippen LogP contribution in [0.1, 0.15) is 0 Å². The number of hydrogen-bond donors (Lipinski definition) is 5. The van der Waals surface area contributed by atoms with Crippen molar-refractivity contribution in [2.45, 2.75) is 36.8 Å². The lowest BCUT2D eigenvalue weighted by Gasteiger charge is -2.41. The zero-order valence-corrected chi connectivity index (χ0v) is 11.6. The number of rotatable bonds is 7. The molecule has 0 aromatic carbocycles. The first-order chi connectivity index (χ1) is 9.69. The molecule has 0 amide bonds. The predicted molar refractivity (Wildman–Crippen MR) is 59.3 cm³/mol. The number of phosphoric ester groups is 1. The minimum atomic E-state index is -5.27. The summed E-state index contributed by atoms with van der Waals surface area (Å²) >= 11 is 0. The highest BCUT2D eigenvalue weighted by molar-refractivity contribution is 7.43. The van der Waals surface area contributed by atoms with Crippen LogP contribution >= 0.6 is 7.82 Å². The standard InChI is InChI=1S/C9H19O11P/c10-1-4(3-18-21(15,16)17)19-9-8(14)7(13)6(12)5(2-11)20-9/h4-14H,1-3H2,(H2,15,16,17)/p-2/t4-,5-,6+,7+,8-,9+/m1/s1. The number of aliphatic hydroxyl groups excluding tert-OH is 5. The van der Waals surface area contributed by atoms with Gasteiger partial charge in [0.1, 0.15) is 30.5 Å². The van der Waals surface area contributed by atoms with Gasteiger partial charge in [-0.1, -0.05) is 0 Å². The Morgan fingerprint density at radius 3 is 2.24 bits per heavy atom. The molecule has 126 valence electrons. The SMILES string of the molecule is O=P([O-])([O-])OC[C@@H](CO)O[C@H]1O[C@H](CO)[C@H](O)[C@H](O)[C@H]1O. The molecule has 1 saturated heterocycles. The van der Waals surface area contributed by atoms with Gasteiger partial charge in [0.25, 0.3) is 0 Å². The van der Waals surface area contributed by atoms with E-state index in [-0.39, 0.29) is 0 Å². The fraction of sp³-hybridized carbons (Fsp3) is 1.00. The Kier molecular flexibility index (Phi) is 7.10. The summed E-state index contributed by atoms with van der Waals surface area (Å²) in [4.78, 5) is 20.7. The van der Waals surface area contributed by atoms with Crippen LogP contribution in [0.15, 0.2) is 0 Å². The van der Waals surface area contributed by atoms with E-state index >= 15 is 0 Å². The van der Waals surface area contributed by atoms with E-state index < -0.39 is 64.5 Å². The third-order valence-electron chi connectivity index (χ3n) is 2.80. The monoisotopic (exact) mass is 332 g/mol. The van der Waals surface area contributed by atoms with E-state index in [2.05, 4.69) is 4.52 Å². The Morgan fingerprint density at radius 2 is 1.76 bits per heavy atom. The largest absolute Gasteiger partial charge is 0.790 e. The molecule has 1 rings (SSSR count). The summed E-state index contributed by atoms with van der Waals surface area (Å²) < 4.78 is 24.2. The van der Waals surface area contributed by atoms with E-state index in [4.69, 9.17) is 19.7 Å². The highest BCUT2D eigenvalue weighted by Crippen LogP contribution is 2.26. The molecule has 0 bridgehead atoms. The minimum absolute atomic E-state index is 0.679. The number of ether oxygens (including phenoxy) is 2. The third kappa shape index (κ3) is 5.51. The fourth-order valence-electron chi connectivity index (χ4n) is 1.68. The van der Waals surface area contributed by atoms with Crippen LogP contribution in [-0.2, 0) is 18.6 Å². The molecular formula is C9H17O11P-2. The van der Waals surface area contributed by atoms with E-state index in [9.17, 15) is 29.7 Å². The Morgan fingerprint density at radius 1 is 1.14 bits per heavy atom. The number of hydrogen-bond acceptors (Lipinski definition) is 11. The Balaban J connectivity index is 2.63. The van der Waals surface area contributed by atoms with Gasteiger partial charge < -0.3 is 53.9 Å². The maximum absolute atomic E-state index is 10.3. The molecule has 1 aliphatic rings. The van der Waals surface area contributed by atoms with E-state index in [0.29, 0.717) is 0 Å². The fourth-order valence-corrected chi connectivity index (χ4v) is 2.03. The summed E-state index contributed by atoms with van der Waals surface area (Å²) in [6.45, 7) is -2.27. The molecule has 0 spiro atoms. The smallest absolute Gasteiger partial charge is 0.187 e. The van der Waals surface area contributed by atoms with Gasteiger partial charge in [-0.3, -0.25) is 0 Å². The Bertz CT molecular complexity index is 358. The van der Waals surface area contributed by atoms with Gasteiger partial charge in [0.15, 0.2) is 6.29 Å². The highest BCUT2D eigenvalue weighted by Gasteiger charge is 2.44. The van der Waals surface area contributed by atoms with Crippen molar-refractivity contribution in [3.8, 4) is 0 Å². The summed E-state index contributed by atoms with van der Waals surface area (Å²) in [6.07, 6.45) is -9.13. The van der Waals surface area contributed by atoms with Crippen molar-refractivity contribution in [3.63, 3.8) is 0 Å². The number of phosphoric acid groups is 1. The minimum Gasteiger partial charge on any atom is -0.790 e. The normalized spacial score (nSPS) is 35.7. The first-order valence-electron chi connectivity index (χ1n) is 5.93. The van der Waals surface area contributed by atoms with Gasteiger partial charge in [0.2, 0.25) is 0 Å². The molecule has 1 heterocycles. The lowest BCUT2D eigenvalue weighted by atomic mass is 9.99. The molecule has 0 saturated carbocycles. The lowest BCUT2D eigenvalue weighted by Crippen LogP contribution is -2.60. The van der Waals surface area contributed by atoms with Gasteiger partial charge in [-0.25, -0.2) is 0 Å². The van der Waals surface area contributed by atoms with Crippen molar-refractivity contribution < 1.29 is 53.9 Å². The van der Waals surface area contributed by atoms with E-state index in [1.54, 1.807) is 0 Å². The van der Waals surface area contributed by atoms with Crippen molar-refractivity contribution in [1.82, 2.24) is 0 Å². The molecule has 0 aromatic heterocycles. The zero-order valence-electron chi connectivity index (χ0n) is 10.7. The molecule has 11 nitrogen and oxygen atoms in total. The Hall–Kier alpha value is -0.170. The van der Waals surface area contributed by atoms with E-state index in [0.717, 1.165) is 0 Å². The maximum atomic E-state index is 10.3. The van der Waals surface area contributed by atoms with E-state index in [1.807, 2.05) is 0 Å². The van der Waals surface area contributed by atoms with Crippen molar-refractivity contribution in [3.05, 3.63) is 0 Å². The maximum Gasteiger partial charge on any atom is 0.187 e. The van der Waals surface area contributed by atoms with Crippen LogP contribution in [0.2, 0.25) is 0 Å². The van der Waals surface area contributed by atoms with E-state index in [1.165, 1.54) is 0 Å². The van der Waals surface area contributed by atoms with Crippen LogP contribution < -0.4 is 9.79 Å². The van der Waals surface area contributed by atoms with Gasteiger partial charge in [-0.15, -0.1) is 0 Å². The van der Waals surface area contributed by atoms with Crippen LogP contribution in [-0.4, -0.2) is 82.2 Å². The molecule has 0 radical (unpaired) electrons. The van der Waals surface area contributed by atoms with Crippen LogP contribution in [0.3, 0.4) is 0 Å². The molecule has 5 N–H and O–H groups in total. The summed E-state index contributed by atoms with van der Waals surface area (Å²) in [7, 11) is -5.27. The van der Waals surface area contributed by atoms with Crippen LogP contribution in [0.4, 0.5) is 0 Å². The summed E-state index contributed by atoms with van der Waals surface area (Å²) in [5.74, 6) is 0. The molecule has 0 aromatic rings. The molecule has 12 heteroatoms. The third-order valence-corrected chi connectivity index (χ3v) is 3.26. The average Bonchev–Trinajstić information content (AvgIpc) is 2.42. The van der Waals surface area contributed by atoms with Gasteiger partial charge >= 0.3 is 0 Å². The predicted octanol–water partition coefficient (Wildman–Crippen LogP) is -4.99. The van der Waals surface area contributed by atoms with Gasteiger partial charge in [0.05, 0.1) is 27.6 Å². The van der Waals surface area contributed by atoms with Crippen LogP contribution in [0.5, 0.6) is 0 Å². The molecule has 1 fully saturated rings. The molecule has 0 unspecified atom stereocenters. The first kappa shape index (κ1) is 18.9. The molecule has 21 heavy (non-hydrogen) atoms. The molecular weight excluding hydrogens is 315 g/mol. The summed E-state index contributed by atoms with van der Waals surface area (Å²) in [6, 6.07) is 0. The molecule has 1 aliphatic heterocycles. The van der Waals surface area contributed by atoms with Gasteiger partial charge in [-0.05, 0) is 0 Å². The van der Waals surface area contributed by atoms with Crippen molar-refractivity contribution in [2.24, 2.45) is 0 Å². The molecule has 0 aliphatic carbocycles. The Labute approximate surface area is 119 Å². The van der Waals surface area contributed by atoms with Crippen molar-refractivity contribution >= 4 is 7.82 Å². The average molecular weight is 332 g/mol. The van der Waals surface area contributed by atoms with Gasteiger partial charge in [0, 0.05) is 0 Å². The van der Waals surface area contributed by atoms with Crippen molar-refractivity contribution in [2.75, 3.05) is 19.8 Å². The molecule has 6 atom stereocenters. The van der Waals surface area contributed by atoms with Crippen molar-refractivity contribution in [1.29, 1.82) is 0 Å². The second-order valence-corrected chi connectivity index (χ2v) is 5.53. The summed E-state index contributed by atoms with van der Waals surface area (Å²) in [5.41, 5.74) is 0. The second kappa shape index (κ2) is 7.90. The lowest BCUT2D eigenvalue weighted by molar-refractivity contribution is -0.346. The van der Waals surface area contributed by atoms with Crippen LogP contribution in [0, 0.1) is 0 Å². The first-order valence-corrected chi connectivity index (χ1v) is 7.39. The zero-order chi connectivity index (χ0) is 16.2. The van der Waals surface area contributed by atoms with Gasteiger partial charge in [-0.2, -0.15) is 0 Å². The topological polar surface area (TPSA) is 192 Å². The number of aliphatic hydroxyl groups is 5.